The highest BCUT2D eigenvalue weighted by Gasteiger charge is 2.48. The maximum absolute atomic E-state index is 12.2. The summed E-state index contributed by atoms with van der Waals surface area (Å²) in [5.41, 5.74) is -0.388. The molecule has 7 heteroatoms. The quantitative estimate of drug-likeness (QED) is 0.466. The fourth-order valence-corrected chi connectivity index (χ4v) is 4.40. The molecule has 0 bridgehead atoms. The zero-order valence-corrected chi connectivity index (χ0v) is 13.9. The molecule has 0 aromatic rings. The number of thioether (sulfide) groups is 1. The van der Waals surface area contributed by atoms with E-state index in [1.807, 2.05) is 25.8 Å². The van der Waals surface area contributed by atoms with Crippen molar-refractivity contribution in [3.63, 3.8) is 0 Å². The summed E-state index contributed by atoms with van der Waals surface area (Å²) in [4.78, 5) is 14.1. The summed E-state index contributed by atoms with van der Waals surface area (Å²) < 4.78 is 0.699. The summed E-state index contributed by atoms with van der Waals surface area (Å²) in [6.45, 7) is 3.95. The van der Waals surface area contributed by atoms with Gasteiger partial charge in [0.25, 0.3) is 0 Å². The fourth-order valence-electron chi connectivity index (χ4n) is 2.66. The summed E-state index contributed by atoms with van der Waals surface area (Å²) in [5.74, 6) is 0. The number of rotatable bonds is 2. The van der Waals surface area contributed by atoms with Crippen LogP contribution in [0.5, 0.6) is 0 Å². The average molecular weight is 317 g/mol. The Balaban J connectivity index is 1.98. The Hall–Kier alpha value is -0.530. The Kier molecular flexibility index (Phi) is 4.81. The first-order valence-corrected chi connectivity index (χ1v) is 8.36. The molecule has 0 unspecified atom stereocenters. The Morgan fingerprint density at radius 2 is 2.05 bits per heavy atom. The van der Waals surface area contributed by atoms with Crippen molar-refractivity contribution in [1.29, 1.82) is 0 Å². The molecule has 1 aliphatic carbocycles. The van der Waals surface area contributed by atoms with Crippen molar-refractivity contribution >= 4 is 34.3 Å². The first-order valence-electron chi connectivity index (χ1n) is 7.07. The van der Waals surface area contributed by atoms with Crippen LogP contribution in [0, 0.1) is 0 Å². The van der Waals surface area contributed by atoms with E-state index in [1.165, 1.54) is 18.2 Å². The molecule has 114 valence electrons. The average Bonchev–Trinajstić information content (AvgIpc) is 2.62. The van der Waals surface area contributed by atoms with E-state index in [0.717, 1.165) is 30.7 Å². The maximum atomic E-state index is 12.2. The zero-order chi connectivity index (χ0) is 14.9. The molecule has 0 aromatic heterocycles. The predicted molar refractivity (Wildman–Crippen MR) is 84.8 cm³/mol. The first-order chi connectivity index (χ1) is 9.34. The third-order valence-electron chi connectivity index (χ3n) is 4.32. The molecule has 2 aliphatic rings. The number of hydroxylamine groups is 2. The number of likely N-dealkylation sites (N-methyl/N-ethyl adjacent to an activating group) is 1. The number of urea groups is 1. The molecule has 2 fully saturated rings. The van der Waals surface area contributed by atoms with Gasteiger partial charge in [-0.1, -0.05) is 43.2 Å². The molecule has 0 aromatic carbocycles. The number of thiocarbonyl (C=S) groups is 1. The number of amides is 2. The smallest absolute Gasteiger partial charge is 0.342 e. The molecule has 2 rings (SSSR count). The lowest BCUT2D eigenvalue weighted by molar-refractivity contribution is -0.0775. The van der Waals surface area contributed by atoms with Crippen LogP contribution in [0.3, 0.4) is 0 Å². The Labute approximate surface area is 130 Å². The van der Waals surface area contributed by atoms with Crippen LogP contribution in [-0.4, -0.2) is 49.5 Å². The maximum Gasteiger partial charge on any atom is 0.342 e. The minimum atomic E-state index is -0.416. The van der Waals surface area contributed by atoms with Crippen molar-refractivity contribution in [2.45, 2.75) is 62.9 Å². The first kappa shape index (κ1) is 15.9. The van der Waals surface area contributed by atoms with Crippen molar-refractivity contribution in [3.8, 4) is 0 Å². The Morgan fingerprint density at radius 3 is 2.55 bits per heavy atom. The van der Waals surface area contributed by atoms with Gasteiger partial charge in [0.05, 0.1) is 5.54 Å². The SMILES string of the molecule is CN1C(=S)S[C@H](N(O)C(=O)NC2CCCCC2)C1(C)C. The van der Waals surface area contributed by atoms with Crippen LogP contribution in [0.15, 0.2) is 0 Å². The molecular weight excluding hydrogens is 294 g/mol. The van der Waals surface area contributed by atoms with E-state index in [2.05, 4.69) is 5.32 Å². The molecule has 1 saturated carbocycles. The van der Waals surface area contributed by atoms with Gasteiger partial charge in [-0.2, -0.15) is 5.06 Å². The summed E-state index contributed by atoms with van der Waals surface area (Å²) in [7, 11) is 1.89. The lowest BCUT2D eigenvalue weighted by atomic mass is 9.96. The second kappa shape index (κ2) is 6.07. The largest absolute Gasteiger partial charge is 0.352 e. The van der Waals surface area contributed by atoms with E-state index in [4.69, 9.17) is 12.2 Å². The number of nitrogens with zero attached hydrogens (tertiary/aromatic N) is 2. The number of carbonyl (C=O) groups excluding carboxylic acids is 1. The van der Waals surface area contributed by atoms with Crippen LogP contribution in [-0.2, 0) is 0 Å². The van der Waals surface area contributed by atoms with Gasteiger partial charge in [-0.3, -0.25) is 5.21 Å². The minimum Gasteiger partial charge on any atom is -0.352 e. The summed E-state index contributed by atoms with van der Waals surface area (Å²) in [6.07, 6.45) is 5.53. The van der Waals surface area contributed by atoms with E-state index in [9.17, 15) is 10.0 Å². The molecule has 0 radical (unpaired) electrons. The highest BCUT2D eigenvalue weighted by molar-refractivity contribution is 8.23. The van der Waals surface area contributed by atoms with Crippen LogP contribution in [0.25, 0.3) is 0 Å². The molecule has 20 heavy (non-hydrogen) atoms. The number of hydrogen-bond acceptors (Lipinski definition) is 4. The molecule has 1 saturated heterocycles. The Bertz CT molecular complexity index is 397. The van der Waals surface area contributed by atoms with Crippen LogP contribution in [0.2, 0.25) is 0 Å². The Morgan fingerprint density at radius 1 is 1.45 bits per heavy atom. The van der Waals surface area contributed by atoms with Gasteiger partial charge in [-0.15, -0.1) is 0 Å². The van der Waals surface area contributed by atoms with Gasteiger partial charge >= 0.3 is 6.03 Å². The van der Waals surface area contributed by atoms with Crippen molar-refractivity contribution in [3.05, 3.63) is 0 Å². The molecule has 1 aliphatic heterocycles. The van der Waals surface area contributed by atoms with E-state index < -0.39 is 6.03 Å². The van der Waals surface area contributed by atoms with E-state index in [0.29, 0.717) is 4.32 Å². The van der Waals surface area contributed by atoms with Crippen LogP contribution < -0.4 is 5.32 Å². The topological polar surface area (TPSA) is 55.8 Å². The van der Waals surface area contributed by atoms with Gasteiger partial charge in [-0.25, -0.2) is 4.79 Å². The molecule has 5 nitrogen and oxygen atoms in total. The van der Waals surface area contributed by atoms with Crippen LogP contribution in [0.1, 0.15) is 46.0 Å². The highest BCUT2D eigenvalue weighted by atomic mass is 32.2. The summed E-state index contributed by atoms with van der Waals surface area (Å²) in [5, 5.41) is 13.6. The third kappa shape index (κ3) is 3.04. The van der Waals surface area contributed by atoms with Gasteiger partial charge in [0.15, 0.2) is 0 Å². The molecule has 2 N–H and O–H groups in total. The van der Waals surface area contributed by atoms with Gasteiger partial charge < -0.3 is 10.2 Å². The second-order valence-electron chi connectivity index (χ2n) is 6.08. The van der Waals surface area contributed by atoms with E-state index in [-0.39, 0.29) is 17.0 Å². The van der Waals surface area contributed by atoms with Gasteiger partial charge in [0.1, 0.15) is 9.69 Å². The summed E-state index contributed by atoms with van der Waals surface area (Å²) in [6, 6.07) is -0.231. The normalized spacial score (nSPS) is 26.7. The standard InChI is InChI=1S/C13H23N3O2S2/c1-13(2)10(20-12(19)15(13)3)16(18)11(17)14-9-7-5-4-6-8-9/h9-10,18H,4-8H2,1-3H3,(H,14,17)/t10-/m0/s1. The molecule has 0 spiro atoms. The van der Waals surface area contributed by atoms with Crippen molar-refractivity contribution in [2.24, 2.45) is 0 Å². The lowest BCUT2D eigenvalue weighted by Crippen LogP contribution is -2.55. The second-order valence-corrected chi connectivity index (χ2v) is 7.79. The summed E-state index contributed by atoms with van der Waals surface area (Å²) >= 11 is 6.61. The zero-order valence-electron chi connectivity index (χ0n) is 12.3. The number of hydrogen-bond donors (Lipinski definition) is 2. The lowest BCUT2D eigenvalue weighted by Gasteiger charge is -2.36. The monoisotopic (exact) mass is 317 g/mol. The third-order valence-corrected chi connectivity index (χ3v) is 6.36. The molecule has 2 amide bonds. The van der Waals surface area contributed by atoms with Crippen LogP contribution >= 0.6 is 24.0 Å². The fraction of sp³-hybridized carbons (Fsp3) is 0.846. The predicted octanol–water partition coefficient (Wildman–Crippen LogP) is 2.79. The van der Waals surface area contributed by atoms with Gasteiger partial charge in [0, 0.05) is 13.1 Å². The number of carbonyl (C=O) groups is 1. The van der Waals surface area contributed by atoms with Gasteiger partial charge in [-0.05, 0) is 26.7 Å². The number of nitrogens with one attached hydrogen (secondary N) is 1. The van der Waals surface area contributed by atoms with Crippen molar-refractivity contribution in [1.82, 2.24) is 15.3 Å². The van der Waals surface area contributed by atoms with Crippen molar-refractivity contribution < 1.29 is 10.0 Å². The van der Waals surface area contributed by atoms with Crippen LogP contribution in [0.4, 0.5) is 4.79 Å². The van der Waals surface area contributed by atoms with Crippen molar-refractivity contribution in [2.75, 3.05) is 7.05 Å². The molecule has 1 atom stereocenters. The highest BCUT2D eigenvalue weighted by Crippen LogP contribution is 2.40. The minimum absolute atomic E-state index is 0.185. The van der Waals surface area contributed by atoms with Gasteiger partial charge in [0.2, 0.25) is 0 Å². The molecule has 1 heterocycles. The van der Waals surface area contributed by atoms with E-state index in [1.54, 1.807) is 0 Å². The molecular formula is C13H23N3O2S2. The van der Waals surface area contributed by atoms with E-state index >= 15 is 0 Å².